The molecule has 0 aliphatic heterocycles. The van der Waals surface area contributed by atoms with Gasteiger partial charge in [0, 0.05) is 12.8 Å². The molecule has 0 saturated heterocycles. The number of carbonyl (C=O) groups excluding carboxylic acids is 1. The van der Waals surface area contributed by atoms with Crippen molar-refractivity contribution < 1.29 is 14.3 Å². The van der Waals surface area contributed by atoms with E-state index < -0.39 is 5.54 Å². The molecule has 1 aromatic rings. The van der Waals surface area contributed by atoms with Gasteiger partial charge >= 0.3 is 0 Å². The topological polar surface area (TPSA) is 71.4 Å². The number of nitrogens with zero attached hydrogens (tertiary/aromatic N) is 1. The van der Waals surface area contributed by atoms with Gasteiger partial charge < -0.3 is 14.8 Å². The molecule has 1 atom stereocenters. The van der Waals surface area contributed by atoms with Crippen LogP contribution in [-0.2, 0) is 11.2 Å². The largest absolute Gasteiger partial charge is 0.493 e. The summed E-state index contributed by atoms with van der Waals surface area (Å²) in [6.07, 6.45) is 6.19. The van der Waals surface area contributed by atoms with Gasteiger partial charge in [-0.25, -0.2) is 0 Å². The first-order valence-corrected chi connectivity index (χ1v) is 7.43. The summed E-state index contributed by atoms with van der Waals surface area (Å²) in [6.45, 7) is 4.07. The van der Waals surface area contributed by atoms with Crippen LogP contribution in [0.5, 0.6) is 11.5 Å². The maximum absolute atomic E-state index is 12.0. The third-order valence-corrected chi connectivity index (χ3v) is 3.29. The monoisotopic (exact) mass is 314 g/mol. The van der Waals surface area contributed by atoms with Crippen molar-refractivity contribution in [3.63, 3.8) is 0 Å². The number of hydrogen-bond acceptors (Lipinski definition) is 4. The average molecular weight is 314 g/mol. The summed E-state index contributed by atoms with van der Waals surface area (Å²) in [6, 6.07) is 7.61. The first-order valence-electron chi connectivity index (χ1n) is 7.43. The molecule has 122 valence electrons. The number of hydrogen-bond donors (Lipinski definition) is 1. The second-order valence-corrected chi connectivity index (χ2v) is 5.29. The van der Waals surface area contributed by atoms with Gasteiger partial charge in [0.25, 0.3) is 0 Å². The highest BCUT2D eigenvalue weighted by Crippen LogP contribution is 2.28. The van der Waals surface area contributed by atoms with E-state index in [-0.39, 0.29) is 18.7 Å². The quantitative estimate of drug-likeness (QED) is 0.748. The number of terminal acetylenes is 1. The molecule has 0 radical (unpaired) electrons. The summed E-state index contributed by atoms with van der Waals surface area (Å²) in [4.78, 5) is 12.0. The van der Waals surface area contributed by atoms with Crippen LogP contribution in [0.3, 0.4) is 0 Å². The molecule has 1 unspecified atom stereocenters. The predicted molar refractivity (Wildman–Crippen MR) is 88.1 cm³/mol. The second-order valence-electron chi connectivity index (χ2n) is 5.29. The number of nitrogens with one attached hydrogen (secondary N) is 1. The molecule has 1 aromatic carbocycles. The number of amides is 1. The van der Waals surface area contributed by atoms with E-state index in [1.807, 2.05) is 31.2 Å². The van der Waals surface area contributed by atoms with Crippen molar-refractivity contribution in [2.24, 2.45) is 0 Å². The number of aryl methyl sites for hydroxylation is 1. The highest BCUT2D eigenvalue weighted by atomic mass is 16.5. The minimum atomic E-state index is -1.03. The van der Waals surface area contributed by atoms with Crippen LogP contribution in [0.25, 0.3) is 0 Å². The third kappa shape index (κ3) is 5.56. The maximum atomic E-state index is 12.0. The molecule has 0 bridgehead atoms. The van der Waals surface area contributed by atoms with Crippen molar-refractivity contribution in [3.8, 4) is 29.9 Å². The minimum Gasteiger partial charge on any atom is -0.493 e. The van der Waals surface area contributed by atoms with Gasteiger partial charge in [-0.05, 0) is 38.0 Å². The van der Waals surface area contributed by atoms with E-state index in [0.29, 0.717) is 24.5 Å². The molecule has 1 rings (SSSR count). The Kier molecular flexibility index (Phi) is 6.96. The number of carbonyl (C=O) groups is 1. The summed E-state index contributed by atoms with van der Waals surface area (Å²) in [5, 5.41) is 11.8. The molecule has 0 spiro atoms. The second kappa shape index (κ2) is 8.70. The number of methoxy groups -OCH3 is 1. The zero-order chi connectivity index (χ0) is 17.3. The maximum Gasteiger partial charge on any atom is 0.221 e. The number of ether oxygens (including phenoxy) is 2. The Bertz CT molecular complexity index is 628. The Balaban J connectivity index is 2.66. The fourth-order valence-corrected chi connectivity index (χ4v) is 2.09. The van der Waals surface area contributed by atoms with E-state index in [1.54, 1.807) is 14.0 Å². The van der Waals surface area contributed by atoms with Crippen LogP contribution >= 0.6 is 0 Å². The SMILES string of the molecule is C#CCC(C)(C#N)NC(=O)CCc1ccc(OCC)c(OC)c1. The molecule has 0 aliphatic rings. The van der Waals surface area contributed by atoms with E-state index >= 15 is 0 Å². The van der Waals surface area contributed by atoms with Crippen molar-refractivity contribution in [1.82, 2.24) is 5.32 Å². The molecule has 1 N–H and O–H groups in total. The lowest BCUT2D eigenvalue weighted by Gasteiger charge is -2.20. The lowest BCUT2D eigenvalue weighted by Crippen LogP contribution is -2.44. The summed E-state index contributed by atoms with van der Waals surface area (Å²) in [5.74, 6) is 3.51. The Morgan fingerprint density at radius 2 is 2.17 bits per heavy atom. The number of rotatable bonds is 8. The summed E-state index contributed by atoms with van der Waals surface area (Å²) < 4.78 is 10.7. The van der Waals surface area contributed by atoms with Gasteiger partial charge in [-0.3, -0.25) is 4.79 Å². The van der Waals surface area contributed by atoms with Crippen LogP contribution < -0.4 is 14.8 Å². The van der Waals surface area contributed by atoms with Gasteiger partial charge in [-0.2, -0.15) is 5.26 Å². The molecule has 0 aromatic heterocycles. The van der Waals surface area contributed by atoms with Gasteiger partial charge in [0.2, 0.25) is 5.91 Å². The predicted octanol–water partition coefficient (Wildman–Crippen LogP) is 2.45. The summed E-state index contributed by atoms with van der Waals surface area (Å²) in [7, 11) is 1.58. The lowest BCUT2D eigenvalue weighted by atomic mass is 9.99. The van der Waals surface area contributed by atoms with Crippen LogP contribution in [0, 0.1) is 23.7 Å². The van der Waals surface area contributed by atoms with Crippen molar-refractivity contribution >= 4 is 5.91 Å². The zero-order valence-corrected chi connectivity index (χ0v) is 13.8. The molecule has 0 heterocycles. The first kappa shape index (κ1) is 18.4. The van der Waals surface area contributed by atoms with Gasteiger partial charge in [0.1, 0.15) is 5.54 Å². The van der Waals surface area contributed by atoms with Gasteiger partial charge in [-0.15, -0.1) is 12.3 Å². The molecule has 0 saturated carbocycles. The van der Waals surface area contributed by atoms with E-state index in [9.17, 15) is 4.79 Å². The molecular weight excluding hydrogens is 292 g/mol. The zero-order valence-electron chi connectivity index (χ0n) is 13.8. The first-order chi connectivity index (χ1) is 11.0. The van der Waals surface area contributed by atoms with Crippen molar-refractivity contribution in [2.45, 2.75) is 38.6 Å². The summed E-state index contributed by atoms with van der Waals surface area (Å²) >= 11 is 0. The van der Waals surface area contributed by atoms with Crippen molar-refractivity contribution in [1.29, 1.82) is 5.26 Å². The highest BCUT2D eigenvalue weighted by molar-refractivity contribution is 5.77. The fraction of sp³-hybridized carbons (Fsp3) is 0.444. The Labute approximate surface area is 137 Å². The number of nitriles is 1. The molecule has 5 heteroatoms. The van der Waals surface area contributed by atoms with Crippen molar-refractivity contribution in [3.05, 3.63) is 23.8 Å². The molecule has 1 amide bonds. The van der Waals surface area contributed by atoms with E-state index in [2.05, 4.69) is 11.2 Å². The van der Waals surface area contributed by atoms with Gasteiger partial charge in [0.05, 0.1) is 19.8 Å². The Morgan fingerprint density at radius 1 is 1.43 bits per heavy atom. The van der Waals surface area contributed by atoms with Crippen molar-refractivity contribution in [2.75, 3.05) is 13.7 Å². The average Bonchev–Trinajstić information content (AvgIpc) is 2.54. The standard InChI is InChI=1S/C18H22N2O3/c1-5-11-18(3,13-19)20-17(21)10-8-14-7-9-15(23-6-2)16(12-14)22-4/h1,7,9,12H,6,8,10-11H2,2-4H3,(H,20,21). The molecular formula is C18H22N2O3. The smallest absolute Gasteiger partial charge is 0.221 e. The lowest BCUT2D eigenvalue weighted by molar-refractivity contribution is -0.122. The normalized spacial score (nSPS) is 12.4. The molecule has 5 nitrogen and oxygen atoms in total. The Hall–Kier alpha value is -2.66. The van der Waals surface area contributed by atoms with Crippen LogP contribution in [-0.4, -0.2) is 25.2 Å². The highest BCUT2D eigenvalue weighted by Gasteiger charge is 2.24. The fourth-order valence-electron chi connectivity index (χ4n) is 2.09. The molecule has 0 fully saturated rings. The molecule has 0 aliphatic carbocycles. The van der Waals surface area contributed by atoms with Gasteiger partial charge in [-0.1, -0.05) is 6.07 Å². The van der Waals surface area contributed by atoms with Gasteiger partial charge in [0.15, 0.2) is 11.5 Å². The summed E-state index contributed by atoms with van der Waals surface area (Å²) in [5.41, 5.74) is -0.0708. The van der Waals surface area contributed by atoms with Crippen LogP contribution in [0.1, 0.15) is 32.3 Å². The van der Waals surface area contributed by atoms with Crippen LogP contribution in [0.2, 0.25) is 0 Å². The minimum absolute atomic E-state index is 0.173. The molecule has 23 heavy (non-hydrogen) atoms. The Morgan fingerprint density at radius 3 is 2.74 bits per heavy atom. The van der Waals surface area contributed by atoms with E-state index in [4.69, 9.17) is 21.2 Å². The van der Waals surface area contributed by atoms with E-state index in [0.717, 1.165) is 5.56 Å². The van der Waals surface area contributed by atoms with Crippen LogP contribution in [0.15, 0.2) is 18.2 Å². The van der Waals surface area contributed by atoms with E-state index in [1.165, 1.54) is 0 Å². The number of benzene rings is 1. The van der Waals surface area contributed by atoms with Crippen LogP contribution in [0.4, 0.5) is 0 Å². The third-order valence-electron chi connectivity index (χ3n) is 3.29.